The number of morpholine rings is 1. The number of H-pyrrole nitrogens is 1. The van der Waals surface area contributed by atoms with Gasteiger partial charge in [0.05, 0.1) is 29.1 Å². The molecule has 3 aromatic heterocycles. The number of imidazole rings is 1. The second-order valence-corrected chi connectivity index (χ2v) is 14.8. The van der Waals surface area contributed by atoms with Crippen molar-refractivity contribution in [1.82, 2.24) is 28.7 Å². The molecule has 5 heterocycles. The van der Waals surface area contributed by atoms with Gasteiger partial charge in [-0.3, -0.25) is 9.69 Å². The van der Waals surface area contributed by atoms with Gasteiger partial charge in [-0.2, -0.15) is 4.31 Å². The molecule has 0 aliphatic carbocycles. The van der Waals surface area contributed by atoms with Gasteiger partial charge in [-0.25, -0.2) is 18.4 Å². The number of nitrogens with one attached hydrogen (secondary N) is 2. The zero-order valence-corrected chi connectivity index (χ0v) is 28.3. The Balaban J connectivity index is 1.34. The van der Waals surface area contributed by atoms with Crippen LogP contribution in [-0.2, 0) is 19.6 Å². The van der Waals surface area contributed by atoms with Gasteiger partial charge < -0.3 is 25.3 Å². The van der Waals surface area contributed by atoms with Crippen molar-refractivity contribution < 1.29 is 17.9 Å². The average molecular weight is 700 g/mol. The number of halogens is 1. The highest BCUT2D eigenvalue weighted by Gasteiger charge is 2.32. The van der Waals surface area contributed by atoms with Gasteiger partial charge >= 0.3 is 0 Å². The van der Waals surface area contributed by atoms with E-state index < -0.39 is 16.1 Å². The molecule has 1 aromatic carbocycles. The van der Waals surface area contributed by atoms with Crippen molar-refractivity contribution in [2.45, 2.75) is 46.2 Å². The van der Waals surface area contributed by atoms with Crippen LogP contribution in [0.2, 0.25) is 0 Å². The summed E-state index contributed by atoms with van der Waals surface area (Å²) in [5.41, 5.74) is 13.8. The summed E-state index contributed by atoms with van der Waals surface area (Å²) in [4.78, 5) is 27.7. The molecule has 0 radical (unpaired) electrons. The average Bonchev–Trinajstić information content (AvgIpc) is 3.74. The highest BCUT2D eigenvalue weighted by Crippen LogP contribution is 2.36. The molecule has 0 spiro atoms. The lowest BCUT2D eigenvalue weighted by molar-refractivity contribution is -0.125. The summed E-state index contributed by atoms with van der Waals surface area (Å²) in [6, 6.07) is 7.54. The fraction of sp³-hybridized carbons (Fsp3) is 0.452. The molecule has 2 aliphatic heterocycles. The first-order valence-corrected chi connectivity index (χ1v) is 17.6. The van der Waals surface area contributed by atoms with E-state index in [1.54, 1.807) is 17.4 Å². The first-order chi connectivity index (χ1) is 21.5. The third-order valence-corrected chi connectivity index (χ3v) is 11.4. The number of anilines is 1. The van der Waals surface area contributed by atoms with Gasteiger partial charge in [0.15, 0.2) is 5.65 Å². The van der Waals surface area contributed by atoms with E-state index >= 15 is 0 Å². The number of aromatic nitrogens is 4. The maximum Gasteiger partial charge on any atom is 0.239 e. The van der Waals surface area contributed by atoms with Crippen molar-refractivity contribution in [3.05, 3.63) is 57.4 Å². The smallest absolute Gasteiger partial charge is 0.239 e. The quantitative estimate of drug-likeness (QED) is 0.239. The van der Waals surface area contributed by atoms with Gasteiger partial charge in [0.1, 0.15) is 17.4 Å². The molecule has 0 bridgehead atoms. The van der Waals surface area contributed by atoms with E-state index in [4.69, 9.17) is 15.5 Å². The Hall–Kier alpha value is -3.30. The normalized spacial score (nSPS) is 18.9. The van der Waals surface area contributed by atoms with Crippen molar-refractivity contribution in [2.75, 3.05) is 50.5 Å². The first kappa shape index (κ1) is 31.7. The Morgan fingerprint density at radius 1 is 1.22 bits per heavy atom. The molecule has 2 saturated heterocycles. The van der Waals surface area contributed by atoms with E-state index in [9.17, 15) is 13.2 Å². The van der Waals surface area contributed by atoms with Crippen LogP contribution in [0, 0.1) is 20.8 Å². The molecule has 6 rings (SSSR count). The number of hydrogen-bond donors (Lipinski definition) is 3. The first-order valence-electron chi connectivity index (χ1n) is 15.2. The number of nitrogens with two attached hydrogens (primary N) is 1. The fourth-order valence-electron chi connectivity index (χ4n) is 6.61. The number of carbonyl (C=O) groups excluding carboxylic acids is 1. The molecule has 2 aliphatic rings. The standard InChI is InChI=1S/C31H39BrN8O4S/c1-5-45(42,43)39-10-9-21(17-39)35-26-24(32)16-34-31-27(26)36-30(37-31)23-15-18(2)40(20(23)4)25-8-6-7-22(19(25)3)28(29(33)41)38-11-13-44-14-12-38/h6-8,15-16,21,28H,5,9-14,17H2,1-4H3,(H2,33,41)(H2,34,35,36,37)/t21-,28?/m0/s1. The fourth-order valence-corrected chi connectivity index (χ4v) is 8.18. The number of sulfonamides is 1. The SMILES string of the molecule is CCS(=O)(=O)N1CC[C@H](Nc2c(Br)cnc3nc(-c4cc(C)n(-c5cccc(C(C(N)=O)N6CCOCC6)c5C)c4C)[nH]c23)C1. The van der Waals surface area contributed by atoms with Crippen molar-refractivity contribution in [3.63, 3.8) is 0 Å². The van der Waals surface area contributed by atoms with Gasteiger partial charge in [-0.05, 0) is 73.3 Å². The minimum absolute atomic E-state index is 0.0398. The molecule has 240 valence electrons. The summed E-state index contributed by atoms with van der Waals surface area (Å²) >= 11 is 3.63. The van der Waals surface area contributed by atoms with Crippen LogP contribution in [-0.4, -0.2) is 94.2 Å². The monoisotopic (exact) mass is 698 g/mol. The van der Waals surface area contributed by atoms with Crippen molar-refractivity contribution in [3.8, 4) is 17.1 Å². The minimum atomic E-state index is -3.24. The van der Waals surface area contributed by atoms with Crippen molar-refractivity contribution in [2.24, 2.45) is 5.73 Å². The van der Waals surface area contributed by atoms with Crippen LogP contribution in [0.5, 0.6) is 0 Å². The number of pyridine rings is 1. The number of aryl methyl sites for hydroxylation is 1. The van der Waals surface area contributed by atoms with Crippen molar-refractivity contribution in [1.29, 1.82) is 0 Å². The third-order valence-electron chi connectivity index (χ3n) is 8.98. The summed E-state index contributed by atoms with van der Waals surface area (Å²) in [6.07, 6.45) is 2.42. The van der Waals surface area contributed by atoms with E-state index in [1.165, 1.54) is 0 Å². The van der Waals surface area contributed by atoms with Gasteiger partial charge in [-0.15, -0.1) is 0 Å². The minimum Gasteiger partial charge on any atom is -0.379 e. The maximum atomic E-state index is 12.7. The van der Waals surface area contributed by atoms with Crippen LogP contribution < -0.4 is 11.1 Å². The molecule has 4 N–H and O–H groups in total. The molecule has 0 saturated carbocycles. The number of primary amides is 1. The number of carbonyl (C=O) groups is 1. The summed E-state index contributed by atoms with van der Waals surface area (Å²) in [5, 5.41) is 3.54. The van der Waals surface area contributed by atoms with E-state index in [2.05, 4.69) is 66.7 Å². The van der Waals surface area contributed by atoms with E-state index in [1.807, 2.05) is 19.1 Å². The molecule has 12 nitrogen and oxygen atoms in total. The molecular formula is C31H39BrN8O4S. The number of benzene rings is 1. The Bertz CT molecular complexity index is 1860. The molecule has 2 atom stereocenters. The van der Waals surface area contributed by atoms with Crippen LogP contribution in [0.25, 0.3) is 28.2 Å². The van der Waals surface area contributed by atoms with Crippen LogP contribution >= 0.6 is 15.9 Å². The van der Waals surface area contributed by atoms with E-state index in [0.717, 1.165) is 49.4 Å². The van der Waals surface area contributed by atoms with Crippen LogP contribution in [0.15, 0.2) is 34.9 Å². The highest BCUT2D eigenvalue weighted by atomic mass is 79.9. The van der Waals surface area contributed by atoms with E-state index in [0.29, 0.717) is 57.3 Å². The number of ether oxygens (including phenoxy) is 1. The molecule has 14 heteroatoms. The van der Waals surface area contributed by atoms with Gasteiger partial charge in [-0.1, -0.05) is 12.1 Å². The number of aromatic amines is 1. The van der Waals surface area contributed by atoms with E-state index in [-0.39, 0.29) is 17.7 Å². The summed E-state index contributed by atoms with van der Waals surface area (Å²) in [6.45, 7) is 11.2. The van der Waals surface area contributed by atoms with Crippen LogP contribution in [0.1, 0.15) is 41.9 Å². The number of amides is 1. The Morgan fingerprint density at radius 3 is 2.69 bits per heavy atom. The van der Waals surface area contributed by atoms with Gasteiger partial charge in [0.25, 0.3) is 0 Å². The second kappa shape index (κ2) is 12.5. The highest BCUT2D eigenvalue weighted by molar-refractivity contribution is 9.10. The van der Waals surface area contributed by atoms with Crippen LogP contribution in [0.3, 0.4) is 0 Å². The largest absolute Gasteiger partial charge is 0.379 e. The number of rotatable bonds is 9. The zero-order valence-electron chi connectivity index (χ0n) is 25.9. The molecule has 1 unspecified atom stereocenters. The number of nitrogens with zero attached hydrogens (tertiary/aromatic N) is 5. The predicted molar refractivity (Wildman–Crippen MR) is 178 cm³/mol. The topological polar surface area (TPSA) is 151 Å². The third kappa shape index (κ3) is 5.89. The maximum absolute atomic E-state index is 12.7. The number of hydrogen-bond acceptors (Lipinski definition) is 8. The van der Waals surface area contributed by atoms with Gasteiger partial charge in [0.2, 0.25) is 15.9 Å². The van der Waals surface area contributed by atoms with Crippen molar-refractivity contribution >= 4 is 48.7 Å². The summed E-state index contributed by atoms with van der Waals surface area (Å²) in [7, 11) is -3.24. The second-order valence-electron chi connectivity index (χ2n) is 11.7. The molecular weight excluding hydrogens is 660 g/mol. The molecule has 45 heavy (non-hydrogen) atoms. The summed E-state index contributed by atoms with van der Waals surface area (Å²) in [5.74, 6) is 0.396. The van der Waals surface area contributed by atoms with Crippen LogP contribution in [0.4, 0.5) is 5.69 Å². The molecule has 2 fully saturated rings. The molecule has 4 aromatic rings. The Labute approximate surface area is 271 Å². The Morgan fingerprint density at radius 2 is 1.98 bits per heavy atom. The molecule has 1 amide bonds. The number of fused-ring (bicyclic) bond motifs is 1. The van der Waals surface area contributed by atoms with Gasteiger partial charge in [0, 0.05) is 61.1 Å². The lowest BCUT2D eigenvalue weighted by atomic mass is 9.97. The summed E-state index contributed by atoms with van der Waals surface area (Å²) < 4.78 is 34.8. The predicted octanol–water partition coefficient (Wildman–Crippen LogP) is 3.80. The lowest BCUT2D eigenvalue weighted by Gasteiger charge is -2.34. The lowest BCUT2D eigenvalue weighted by Crippen LogP contribution is -2.44. The Kier molecular flexibility index (Phi) is 8.78. The zero-order chi connectivity index (χ0) is 32.0.